The van der Waals surface area contributed by atoms with Gasteiger partial charge in [-0.15, -0.1) is 0 Å². The fraction of sp³-hybridized carbons (Fsp3) is 0.862. The summed E-state index contributed by atoms with van der Waals surface area (Å²) in [6.45, 7) is 13.0. The molecule has 2 N–H and O–H groups in total. The Labute approximate surface area is 205 Å². The first-order chi connectivity index (χ1) is 15.8. The Bertz CT molecular complexity index is 930. The van der Waals surface area contributed by atoms with Crippen LogP contribution in [0.15, 0.2) is 12.4 Å². The van der Waals surface area contributed by atoms with Gasteiger partial charge in [0, 0.05) is 17.7 Å². The SMILES string of the molecule is C[C@@H]1[C@H](C)[C@H](C(=O)Cn2cc(C(C)(C)O)cn2)[C@@]2(C)CC[C@H]3[C@@H](CC[C@@H]4C[C@](C)(O)CC[C@@H]43)[C@H]12. The molecule has 4 aliphatic carbocycles. The summed E-state index contributed by atoms with van der Waals surface area (Å²) in [5.41, 5.74) is -0.601. The molecule has 34 heavy (non-hydrogen) atoms. The average molecular weight is 471 g/mol. The molecule has 1 heterocycles. The summed E-state index contributed by atoms with van der Waals surface area (Å²) in [7, 11) is 0. The van der Waals surface area contributed by atoms with Crippen molar-refractivity contribution in [2.24, 2.45) is 52.8 Å². The molecule has 0 spiro atoms. The van der Waals surface area contributed by atoms with E-state index in [0.29, 0.717) is 36.0 Å². The van der Waals surface area contributed by atoms with Crippen LogP contribution >= 0.6 is 0 Å². The number of carbonyl (C=O) groups is 1. The van der Waals surface area contributed by atoms with Crippen LogP contribution < -0.4 is 0 Å². The smallest absolute Gasteiger partial charge is 0.158 e. The largest absolute Gasteiger partial charge is 0.390 e. The second kappa shape index (κ2) is 8.16. The van der Waals surface area contributed by atoms with E-state index < -0.39 is 11.2 Å². The Balaban J connectivity index is 1.36. The maximum Gasteiger partial charge on any atom is 0.158 e. The lowest BCUT2D eigenvalue weighted by atomic mass is 9.48. The van der Waals surface area contributed by atoms with Crippen LogP contribution in [0.3, 0.4) is 0 Å². The Morgan fingerprint density at radius 2 is 1.79 bits per heavy atom. The number of aliphatic hydroxyl groups is 2. The van der Waals surface area contributed by atoms with Crippen molar-refractivity contribution in [2.75, 3.05) is 0 Å². The second-order valence-electron chi connectivity index (χ2n) is 13.8. The van der Waals surface area contributed by atoms with Crippen molar-refractivity contribution in [3.05, 3.63) is 18.0 Å². The van der Waals surface area contributed by atoms with Crippen LogP contribution in [0.5, 0.6) is 0 Å². The van der Waals surface area contributed by atoms with Gasteiger partial charge in [0.15, 0.2) is 5.78 Å². The molecule has 1 aromatic rings. The van der Waals surface area contributed by atoms with Gasteiger partial charge in [0.25, 0.3) is 0 Å². The van der Waals surface area contributed by atoms with Crippen molar-refractivity contribution >= 4 is 5.78 Å². The molecule has 5 nitrogen and oxygen atoms in total. The van der Waals surface area contributed by atoms with Crippen LogP contribution in [0.25, 0.3) is 0 Å². The van der Waals surface area contributed by atoms with Gasteiger partial charge in [-0.3, -0.25) is 9.48 Å². The summed E-state index contributed by atoms with van der Waals surface area (Å²) in [5, 5.41) is 25.4. The highest BCUT2D eigenvalue weighted by Crippen LogP contribution is 2.67. The summed E-state index contributed by atoms with van der Waals surface area (Å²) < 4.78 is 1.73. The van der Waals surface area contributed by atoms with Gasteiger partial charge in [-0.25, -0.2) is 0 Å². The Kier molecular flexibility index (Phi) is 5.88. The number of nitrogens with zero attached hydrogens (tertiary/aromatic N) is 2. The summed E-state index contributed by atoms with van der Waals surface area (Å²) in [6.07, 6.45) is 11.5. The maximum atomic E-state index is 13.8. The van der Waals surface area contributed by atoms with Crippen molar-refractivity contribution in [1.29, 1.82) is 0 Å². The highest BCUT2D eigenvalue weighted by atomic mass is 16.3. The molecular formula is C29H46N2O3. The minimum absolute atomic E-state index is 0.0658. The van der Waals surface area contributed by atoms with Gasteiger partial charge in [0.1, 0.15) is 0 Å². The topological polar surface area (TPSA) is 75.4 Å². The molecule has 0 bridgehead atoms. The fourth-order valence-electron chi connectivity index (χ4n) is 9.63. The first kappa shape index (κ1) is 24.5. The predicted octanol–water partition coefficient (Wildman–Crippen LogP) is 5.19. The molecule has 0 aromatic carbocycles. The summed E-state index contributed by atoms with van der Waals surface area (Å²) >= 11 is 0. The number of aromatic nitrogens is 2. The van der Waals surface area contributed by atoms with Crippen molar-refractivity contribution in [3.8, 4) is 0 Å². The number of fused-ring (bicyclic) bond motifs is 5. The van der Waals surface area contributed by atoms with E-state index in [-0.39, 0.29) is 11.3 Å². The van der Waals surface area contributed by atoms with Gasteiger partial charge in [-0.1, -0.05) is 20.8 Å². The van der Waals surface area contributed by atoms with E-state index in [1.54, 1.807) is 24.7 Å². The van der Waals surface area contributed by atoms with E-state index in [1.165, 1.54) is 25.7 Å². The zero-order valence-corrected chi connectivity index (χ0v) is 22.1. The zero-order chi connectivity index (χ0) is 24.6. The Morgan fingerprint density at radius 3 is 2.47 bits per heavy atom. The van der Waals surface area contributed by atoms with Gasteiger partial charge < -0.3 is 10.2 Å². The standard InChI is InChI=1S/C29H46N2O3/c1-17-18(2)26(24(32)16-31-15-20(14-30-31)27(3,4)33)29(6)12-10-22-21-9-11-28(5,34)13-19(21)7-8-23(22)25(17)29/h14-15,17-19,21-23,25-26,33-34H,7-13,16H2,1-6H3/t17-,18+,19-,21+,22-,23-,25+,26-,28-,29+/m1/s1. The molecule has 4 fully saturated rings. The third-order valence-electron chi connectivity index (χ3n) is 11.2. The summed E-state index contributed by atoms with van der Waals surface area (Å²) in [4.78, 5) is 13.8. The third kappa shape index (κ3) is 3.89. The summed E-state index contributed by atoms with van der Waals surface area (Å²) in [5.74, 6) is 4.90. The molecule has 0 saturated heterocycles. The molecule has 10 atom stereocenters. The van der Waals surface area contributed by atoms with E-state index in [2.05, 4.69) is 25.9 Å². The molecule has 0 radical (unpaired) electrons. The van der Waals surface area contributed by atoms with Crippen LogP contribution in [0.2, 0.25) is 0 Å². The second-order valence-corrected chi connectivity index (χ2v) is 13.8. The van der Waals surface area contributed by atoms with Gasteiger partial charge in [-0.2, -0.15) is 5.10 Å². The molecule has 4 saturated carbocycles. The van der Waals surface area contributed by atoms with Crippen LogP contribution in [0.4, 0.5) is 0 Å². The maximum absolute atomic E-state index is 13.8. The van der Waals surface area contributed by atoms with Crippen molar-refractivity contribution in [2.45, 2.75) is 104 Å². The molecule has 4 aliphatic rings. The van der Waals surface area contributed by atoms with Crippen LogP contribution in [0, 0.1) is 52.8 Å². The monoisotopic (exact) mass is 470 g/mol. The molecule has 0 aliphatic heterocycles. The van der Waals surface area contributed by atoms with E-state index in [0.717, 1.165) is 42.6 Å². The number of carbonyl (C=O) groups excluding carboxylic acids is 1. The molecule has 0 amide bonds. The lowest BCUT2D eigenvalue weighted by Crippen LogP contribution is -2.52. The van der Waals surface area contributed by atoms with Gasteiger partial charge in [0.05, 0.1) is 23.9 Å². The van der Waals surface area contributed by atoms with Crippen LogP contribution in [-0.2, 0) is 16.9 Å². The predicted molar refractivity (Wildman–Crippen MR) is 133 cm³/mol. The normalized spacial score (nSPS) is 46.5. The van der Waals surface area contributed by atoms with E-state index in [4.69, 9.17) is 0 Å². The van der Waals surface area contributed by atoms with Crippen LogP contribution in [0.1, 0.15) is 92.1 Å². The zero-order valence-electron chi connectivity index (χ0n) is 22.1. The Hall–Kier alpha value is -1.20. The molecule has 1 aromatic heterocycles. The van der Waals surface area contributed by atoms with Gasteiger partial charge >= 0.3 is 0 Å². The minimum Gasteiger partial charge on any atom is -0.390 e. The first-order valence-corrected chi connectivity index (χ1v) is 13.8. The lowest BCUT2D eigenvalue weighted by Gasteiger charge is -2.57. The van der Waals surface area contributed by atoms with Crippen molar-refractivity contribution in [3.63, 3.8) is 0 Å². The third-order valence-corrected chi connectivity index (χ3v) is 11.2. The fourth-order valence-corrected chi connectivity index (χ4v) is 9.63. The number of rotatable bonds is 4. The number of hydrogen-bond acceptors (Lipinski definition) is 4. The number of ketones is 1. The molecular weight excluding hydrogens is 424 g/mol. The quantitative estimate of drug-likeness (QED) is 0.635. The first-order valence-electron chi connectivity index (χ1n) is 13.8. The van der Waals surface area contributed by atoms with Crippen molar-refractivity contribution in [1.82, 2.24) is 9.78 Å². The Morgan fingerprint density at radius 1 is 1.09 bits per heavy atom. The van der Waals surface area contributed by atoms with E-state index in [9.17, 15) is 15.0 Å². The molecule has 190 valence electrons. The van der Waals surface area contributed by atoms with Crippen LogP contribution in [-0.4, -0.2) is 31.4 Å². The van der Waals surface area contributed by atoms with Gasteiger partial charge in [0.2, 0.25) is 0 Å². The average Bonchev–Trinajstić information content (AvgIpc) is 3.28. The van der Waals surface area contributed by atoms with Gasteiger partial charge in [-0.05, 0) is 113 Å². The molecule has 5 rings (SSSR count). The molecule has 0 unspecified atom stereocenters. The summed E-state index contributed by atoms with van der Waals surface area (Å²) in [6, 6.07) is 0. The lowest BCUT2D eigenvalue weighted by molar-refractivity contribution is -0.134. The highest BCUT2D eigenvalue weighted by molar-refractivity contribution is 5.82. The highest BCUT2D eigenvalue weighted by Gasteiger charge is 2.63. The van der Waals surface area contributed by atoms with E-state index >= 15 is 0 Å². The minimum atomic E-state index is -0.947. The van der Waals surface area contributed by atoms with Crippen molar-refractivity contribution < 1.29 is 15.0 Å². The number of Topliss-reactive ketones (excluding diaryl/α,β-unsaturated/α-hetero) is 1. The molecule has 5 heteroatoms. The van der Waals surface area contributed by atoms with E-state index in [1.807, 2.05) is 13.1 Å². The number of hydrogen-bond donors (Lipinski definition) is 2.